The Morgan fingerprint density at radius 1 is 1.00 bits per heavy atom. The maximum Gasteiger partial charge on any atom is 0.320 e. The molecule has 0 aliphatic heterocycles. The molecule has 0 radical (unpaired) electrons. The van der Waals surface area contributed by atoms with E-state index in [0.717, 1.165) is 16.3 Å². The van der Waals surface area contributed by atoms with Crippen LogP contribution in [0.15, 0.2) is 42.5 Å². The zero-order valence-corrected chi connectivity index (χ0v) is 12.3. The summed E-state index contributed by atoms with van der Waals surface area (Å²) in [7, 11) is 0. The quantitative estimate of drug-likeness (QED) is 0.672. The lowest BCUT2D eigenvalue weighted by molar-refractivity contribution is -0.139. The minimum absolute atomic E-state index is 0.361. The first-order valence-electron chi connectivity index (χ1n) is 6.75. The fourth-order valence-electron chi connectivity index (χ4n) is 1.71. The third-order valence-electron chi connectivity index (χ3n) is 2.98. The lowest BCUT2D eigenvalue weighted by Gasteiger charge is -2.07. The summed E-state index contributed by atoms with van der Waals surface area (Å²) >= 11 is 0. The molecular weight excluding hydrogens is 284 g/mol. The van der Waals surface area contributed by atoms with E-state index in [1.54, 1.807) is 0 Å². The number of hydrogen-bond donors (Lipinski definition) is 4. The van der Waals surface area contributed by atoms with Crippen molar-refractivity contribution in [3.8, 4) is 0 Å². The van der Waals surface area contributed by atoms with Crippen molar-refractivity contribution in [2.75, 3.05) is 0 Å². The Bertz CT molecular complexity index is 655. The largest absolute Gasteiger partial charge is 0.480 e. The molecule has 0 amide bonds. The number of nitrogens with two attached hydrogens (primary N) is 2. The van der Waals surface area contributed by atoms with Gasteiger partial charge in [-0.1, -0.05) is 42.5 Å². The van der Waals surface area contributed by atoms with E-state index in [1.807, 2.05) is 42.5 Å². The number of carbonyl (C=O) groups is 2. The molecule has 0 fully saturated rings. The van der Waals surface area contributed by atoms with Crippen molar-refractivity contribution in [1.82, 2.24) is 0 Å². The zero-order chi connectivity index (χ0) is 16.7. The van der Waals surface area contributed by atoms with Crippen LogP contribution in [0, 0.1) is 0 Å². The summed E-state index contributed by atoms with van der Waals surface area (Å²) in [6.07, 6.45) is 0.361. The first-order valence-corrected chi connectivity index (χ1v) is 6.75. The molecule has 22 heavy (non-hydrogen) atoms. The molecule has 0 aromatic heterocycles. The van der Waals surface area contributed by atoms with Crippen LogP contribution in [0.5, 0.6) is 0 Å². The van der Waals surface area contributed by atoms with Crippen LogP contribution in [0.25, 0.3) is 10.8 Å². The van der Waals surface area contributed by atoms with Gasteiger partial charge in [0.15, 0.2) is 0 Å². The number of carboxylic acids is 2. The second-order valence-electron chi connectivity index (χ2n) is 4.96. The summed E-state index contributed by atoms with van der Waals surface area (Å²) in [4.78, 5) is 20.2. The average Bonchev–Trinajstić information content (AvgIpc) is 2.47. The standard InChI is InChI=1S/C13H13NO2.C3H7NO2/c14-12(13(15)16)8-9-5-6-10-3-1-2-4-11(10)7-9;1-2(4)3(5)6/h1-7,12H,8,14H2,(H,15,16);2H,4H2,1H3,(H,5,6)/t12-;/m1./s1. The molecular formula is C16H20N2O4. The van der Waals surface area contributed by atoms with Crippen LogP contribution < -0.4 is 11.5 Å². The van der Waals surface area contributed by atoms with Gasteiger partial charge in [0.1, 0.15) is 12.1 Å². The minimum Gasteiger partial charge on any atom is -0.480 e. The molecule has 1 unspecified atom stereocenters. The highest BCUT2D eigenvalue weighted by atomic mass is 16.4. The van der Waals surface area contributed by atoms with Gasteiger partial charge in [0.05, 0.1) is 0 Å². The highest BCUT2D eigenvalue weighted by Gasteiger charge is 2.11. The van der Waals surface area contributed by atoms with Crippen molar-refractivity contribution in [3.63, 3.8) is 0 Å². The average molecular weight is 304 g/mol. The summed E-state index contributed by atoms with van der Waals surface area (Å²) in [5, 5.41) is 18.9. The van der Waals surface area contributed by atoms with E-state index >= 15 is 0 Å². The molecule has 2 aromatic carbocycles. The lowest BCUT2D eigenvalue weighted by Crippen LogP contribution is -2.32. The fourth-order valence-corrected chi connectivity index (χ4v) is 1.71. The summed E-state index contributed by atoms with van der Waals surface area (Å²) in [5.74, 6) is -1.93. The Kier molecular flexibility index (Phi) is 6.49. The summed E-state index contributed by atoms with van der Waals surface area (Å²) < 4.78 is 0. The number of hydrogen-bond acceptors (Lipinski definition) is 4. The third kappa shape index (κ3) is 5.51. The van der Waals surface area contributed by atoms with Gasteiger partial charge in [-0.3, -0.25) is 9.59 Å². The van der Waals surface area contributed by atoms with Crippen molar-refractivity contribution in [3.05, 3.63) is 48.0 Å². The molecule has 0 aliphatic carbocycles. The van der Waals surface area contributed by atoms with Crippen LogP contribution in [-0.2, 0) is 16.0 Å². The van der Waals surface area contributed by atoms with Gasteiger partial charge in [-0.25, -0.2) is 0 Å². The van der Waals surface area contributed by atoms with Gasteiger partial charge in [0.25, 0.3) is 0 Å². The van der Waals surface area contributed by atoms with Gasteiger partial charge in [-0.05, 0) is 29.7 Å². The molecule has 2 aromatic rings. The topological polar surface area (TPSA) is 127 Å². The normalized spacial score (nSPS) is 12.9. The Hall–Kier alpha value is -2.44. The molecule has 0 bridgehead atoms. The summed E-state index contributed by atoms with van der Waals surface area (Å²) in [5.41, 5.74) is 11.3. The van der Waals surface area contributed by atoms with E-state index in [9.17, 15) is 9.59 Å². The Morgan fingerprint density at radius 2 is 1.55 bits per heavy atom. The van der Waals surface area contributed by atoms with Crippen molar-refractivity contribution in [2.45, 2.75) is 25.4 Å². The summed E-state index contributed by atoms with van der Waals surface area (Å²) in [6.45, 7) is 1.42. The van der Waals surface area contributed by atoms with E-state index in [0.29, 0.717) is 6.42 Å². The van der Waals surface area contributed by atoms with Gasteiger partial charge in [-0.15, -0.1) is 0 Å². The van der Waals surface area contributed by atoms with E-state index in [2.05, 4.69) is 0 Å². The van der Waals surface area contributed by atoms with Gasteiger partial charge < -0.3 is 21.7 Å². The van der Waals surface area contributed by atoms with Crippen LogP contribution in [0.3, 0.4) is 0 Å². The van der Waals surface area contributed by atoms with Crippen molar-refractivity contribution in [1.29, 1.82) is 0 Å². The molecule has 0 aliphatic rings. The number of carboxylic acid groups (broad SMARTS) is 2. The Labute approximate surface area is 128 Å². The molecule has 0 saturated heterocycles. The molecule has 0 heterocycles. The molecule has 0 saturated carbocycles. The van der Waals surface area contributed by atoms with Crippen molar-refractivity contribution >= 4 is 22.7 Å². The number of rotatable bonds is 4. The van der Waals surface area contributed by atoms with Crippen LogP contribution in [0.4, 0.5) is 0 Å². The van der Waals surface area contributed by atoms with Gasteiger partial charge in [0, 0.05) is 0 Å². The van der Waals surface area contributed by atoms with E-state index in [4.69, 9.17) is 21.7 Å². The SMILES string of the molecule is CC(N)C(=O)O.N[C@H](Cc1ccc2ccccc2c1)C(=O)O. The minimum atomic E-state index is -0.965. The lowest BCUT2D eigenvalue weighted by atomic mass is 10.0. The predicted molar refractivity (Wildman–Crippen MR) is 84.5 cm³/mol. The van der Waals surface area contributed by atoms with E-state index in [1.165, 1.54) is 6.92 Å². The van der Waals surface area contributed by atoms with Crippen molar-refractivity contribution in [2.24, 2.45) is 11.5 Å². The molecule has 2 atom stereocenters. The molecule has 118 valence electrons. The summed E-state index contributed by atoms with van der Waals surface area (Å²) in [6, 6.07) is 12.3. The second kappa shape index (κ2) is 8.11. The van der Waals surface area contributed by atoms with Crippen LogP contribution in [0.2, 0.25) is 0 Å². The third-order valence-corrected chi connectivity index (χ3v) is 2.98. The van der Waals surface area contributed by atoms with Gasteiger partial charge >= 0.3 is 11.9 Å². The molecule has 0 spiro atoms. The molecule has 6 heteroatoms. The monoisotopic (exact) mass is 304 g/mol. The Morgan fingerprint density at radius 3 is 2.05 bits per heavy atom. The predicted octanol–water partition coefficient (Wildman–Crippen LogP) is 1.21. The maximum absolute atomic E-state index is 10.6. The van der Waals surface area contributed by atoms with Gasteiger partial charge in [0.2, 0.25) is 0 Å². The number of aliphatic carboxylic acids is 2. The van der Waals surface area contributed by atoms with Gasteiger partial charge in [-0.2, -0.15) is 0 Å². The van der Waals surface area contributed by atoms with Crippen LogP contribution >= 0.6 is 0 Å². The highest BCUT2D eigenvalue weighted by Crippen LogP contribution is 2.16. The van der Waals surface area contributed by atoms with Crippen LogP contribution in [-0.4, -0.2) is 34.2 Å². The van der Waals surface area contributed by atoms with Crippen molar-refractivity contribution < 1.29 is 19.8 Å². The number of benzene rings is 2. The van der Waals surface area contributed by atoms with E-state index < -0.39 is 24.0 Å². The smallest absolute Gasteiger partial charge is 0.320 e. The first-order chi connectivity index (χ1) is 10.3. The second-order valence-corrected chi connectivity index (χ2v) is 4.96. The first kappa shape index (κ1) is 17.6. The zero-order valence-electron chi connectivity index (χ0n) is 12.3. The number of fused-ring (bicyclic) bond motifs is 1. The molecule has 6 nitrogen and oxygen atoms in total. The maximum atomic E-state index is 10.6. The Balaban J connectivity index is 0.000000346. The highest BCUT2D eigenvalue weighted by molar-refractivity contribution is 5.83. The molecule has 2 rings (SSSR count). The van der Waals surface area contributed by atoms with Crippen LogP contribution in [0.1, 0.15) is 12.5 Å². The van der Waals surface area contributed by atoms with E-state index in [-0.39, 0.29) is 0 Å². The molecule has 6 N–H and O–H groups in total. The fraction of sp³-hybridized carbons (Fsp3) is 0.250.